The van der Waals surface area contributed by atoms with E-state index in [1.165, 1.54) is 6.20 Å². The summed E-state index contributed by atoms with van der Waals surface area (Å²) in [7, 11) is 0. The Morgan fingerprint density at radius 3 is 2.60 bits per heavy atom. The van der Waals surface area contributed by atoms with E-state index in [2.05, 4.69) is 24.6 Å². The fourth-order valence-corrected chi connectivity index (χ4v) is 1.85. The lowest BCUT2D eigenvalue weighted by atomic mass is 10.1. The number of nitrogens with zero attached hydrogens (tertiary/aromatic N) is 3. The van der Waals surface area contributed by atoms with Crippen LogP contribution in [-0.4, -0.2) is 20.1 Å². The Balaban J connectivity index is 1.98. The van der Waals surface area contributed by atoms with Crippen molar-refractivity contribution in [2.24, 2.45) is 0 Å². The van der Waals surface area contributed by atoms with E-state index in [9.17, 15) is 4.79 Å². The maximum absolute atomic E-state index is 11.0. The van der Waals surface area contributed by atoms with Gasteiger partial charge in [-0.3, -0.25) is 14.5 Å². The molecule has 7 heteroatoms. The summed E-state index contributed by atoms with van der Waals surface area (Å²) >= 11 is 0. The van der Waals surface area contributed by atoms with Crippen LogP contribution in [0.15, 0.2) is 46.0 Å². The second-order valence-corrected chi connectivity index (χ2v) is 4.21. The summed E-state index contributed by atoms with van der Waals surface area (Å²) in [6.07, 6.45) is 3.68. The maximum Gasteiger partial charge on any atom is 0.439 e. The number of aromatic nitrogens is 4. The number of hydrogen-bond donors (Lipinski definition) is 2. The number of hydrogen-bond acceptors (Lipinski definition) is 6. The number of rotatable bonds is 3. The van der Waals surface area contributed by atoms with Gasteiger partial charge in [0.15, 0.2) is 0 Å². The number of nitrogen functional groups attached to an aromatic ring is 1. The van der Waals surface area contributed by atoms with E-state index < -0.39 is 5.76 Å². The van der Waals surface area contributed by atoms with E-state index in [1.54, 1.807) is 6.20 Å². The molecule has 0 fully saturated rings. The van der Waals surface area contributed by atoms with Crippen LogP contribution in [0.3, 0.4) is 0 Å². The predicted molar refractivity (Wildman–Crippen MR) is 71.8 cm³/mol. The van der Waals surface area contributed by atoms with Crippen molar-refractivity contribution in [3.05, 3.63) is 58.5 Å². The van der Waals surface area contributed by atoms with Crippen molar-refractivity contribution < 1.29 is 4.52 Å². The highest BCUT2D eigenvalue weighted by Crippen LogP contribution is 2.18. The molecule has 0 amide bonds. The molecule has 2 aromatic heterocycles. The number of benzene rings is 1. The van der Waals surface area contributed by atoms with Crippen LogP contribution in [0.5, 0.6) is 0 Å². The fraction of sp³-hybridized carbons (Fsp3) is 0.0769. The molecule has 0 unspecified atom stereocenters. The molecule has 3 aromatic rings. The van der Waals surface area contributed by atoms with E-state index in [0.29, 0.717) is 23.5 Å². The van der Waals surface area contributed by atoms with Crippen LogP contribution in [0, 0.1) is 0 Å². The summed E-state index contributed by atoms with van der Waals surface area (Å²) < 4.78 is 4.49. The lowest BCUT2D eigenvalue weighted by Crippen LogP contribution is -2.01. The van der Waals surface area contributed by atoms with Gasteiger partial charge in [-0.05, 0) is 17.7 Å². The summed E-state index contributed by atoms with van der Waals surface area (Å²) in [6.45, 7) is 0. The number of nitrogens with two attached hydrogens (primary N) is 1. The molecular weight excluding hydrogens is 258 g/mol. The molecule has 0 saturated heterocycles. The lowest BCUT2D eigenvalue weighted by molar-refractivity contribution is 0.387. The third kappa shape index (κ3) is 2.41. The molecule has 2 heterocycles. The van der Waals surface area contributed by atoms with E-state index in [4.69, 9.17) is 5.73 Å². The van der Waals surface area contributed by atoms with Crippen molar-refractivity contribution in [2.45, 2.75) is 6.42 Å². The van der Waals surface area contributed by atoms with Crippen molar-refractivity contribution in [1.82, 2.24) is 20.1 Å². The average Bonchev–Trinajstić information content (AvgIpc) is 2.88. The molecule has 0 aliphatic rings. The Labute approximate surface area is 113 Å². The Bertz CT molecular complexity index is 776. The van der Waals surface area contributed by atoms with Crippen molar-refractivity contribution >= 4 is 5.69 Å². The lowest BCUT2D eigenvalue weighted by Gasteiger charge is -2.05. The fourth-order valence-electron chi connectivity index (χ4n) is 1.85. The predicted octanol–water partition coefficient (Wildman–Crippen LogP) is 0.993. The number of H-pyrrole nitrogens is 1. The van der Waals surface area contributed by atoms with Crippen LogP contribution in [0.1, 0.15) is 11.3 Å². The second-order valence-electron chi connectivity index (χ2n) is 4.21. The monoisotopic (exact) mass is 269 g/mol. The molecule has 1 aromatic carbocycles. The minimum absolute atomic E-state index is 0.272. The van der Waals surface area contributed by atoms with Gasteiger partial charge in [-0.2, -0.15) is 0 Å². The normalized spacial score (nSPS) is 10.6. The topological polar surface area (TPSA) is 111 Å². The second kappa shape index (κ2) is 4.96. The maximum atomic E-state index is 11.0. The van der Waals surface area contributed by atoms with Crippen molar-refractivity contribution in [2.75, 3.05) is 5.73 Å². The van der Waals surface area contributed by atoms with Gasteiger partial charge in [-0.1, -0.05) is 17.3 Å². The van der Waals surface area contributed by atoms with Crippen molar-refractivity contribution in [3.63, 3.8) is 0 Å². The largest absolute Gasteiger partial charge is 0.439 e. The number of nitrogens with one attached hydrogen (secondary N) is 1. The van der Waals surface area contributed by atoms with Gasteiger partial charge in [0.05, 0.1) is 5.69 Å². The van der Waals surface area contributed by atoms with Gasteiger partial charge in [-0.15, -0.1) is 0 Å². The van der Waals surface area contributed by atoms with Gasteiger partial charge in [-0.25, -0.2) is 9.78 Å². The van der Waals surface area contributed by atoms with Gasteiger partial charge in [0.2, 0.25) is 5.82 Å². The van der Waals surface area contributed by atoms with Crippen LogP contribution in [0.2, 0.25) is 0 Å². The van der Waals surface area contributed by atoms with Crippen LogP contribution >= 0.6 is 0 Å². The van der Waals surface area contributed by atoms with Crippen molar-refractivity contribution in [1.29, 1.82) is 0 Å². The van der Waals surface area contributed by atoms with Gasteiger partial charge < -0.3 is 5.73 Å². The highest BCUT2D eigenvalue weighted by Gasteiger charge is 2.12. The average molecular weight is 269 g/mol. The van der Waals surface area contributed by atoms with Gasteiger partial charge in [0.1, 0.15) is 5.69 Å². The first-order valence-electron chi connectivity index (χ1n) is 5.93. The van der Waals surface area contributed by atoms with E-state index in [1.807, 2.05) is 24.3 Å². The molecule has 0 spiro atoms. The Morgan fingerprint density at radius 1 is 1.15 bits per heavy atom. The minimum Gasteiger partial charge on any atom is -0.399 e. The van der Waals surface area contributed by atoms with Gasteiger partial charge in [0, 0.05) is 24.5 Å². The SMILES string of the molecule is Nc1ccc(Cc2nccnc2-c2noc(=O)[nH]2)cc1. The summed E-state index contributed by atoms with van der Waals surface area (Å²) in [4.78, 5) is 22.0. The third-order valence-corrected chi connectivity index (χ3v) is 2.79. The number of anilines is 1. The number of aromatic amines is 1. The standard InChI is InChI=1S/C13H11N5O2/c14-9-3-1-8(2-4-9)7-10-11(16-6-5-15-10)12-17-13(19)20-18-12/h1-6H,7,14H2,(H,17,18,19). The molecule has 0 atom stereocenters. The van der Waals surface area contributed by atoms with Gasteiger partial charge >= 0.3 is 5.76 Å². The molecule has 20 heavy (non-hydrogen) atoms. The third-order valence-electron chi connectivity index (χ3n) is 2.79. The highest BCUT2D eigenvalue weighted by molar-refractivity contribution is 5.52. The van der Waals surface area contributed by atoms with Crippen LogP contribution < -0.4 is 11.5 Å². The van der Waals surface area contributed by atoms with E-state index >= 15 is 0 Å². The molecule has 100 valence electrons. The molecular formula is C13H11N5O2. The zero-order valence-electron chi connectivity index (χ0n) is 10.4. The van der Waals surface area contributed by atoms with Crippen molar-refractivity contribution in [3.8, 4) is 11.5 Å². The van der Waals surface area contributed by atoms with Crippen LogP contribution in [-0.2, 0) is 6.42 Å². The Morgan fingerprint density at radius 2 is 1.90 bits per heavy atom. The molecule has 7 nitrogen and oxygen atoms in total. The summed E-state index contributed by atoms with van der Waals surface area (Å²) in [6, 6.07) is 7.48. The van der Waals surface area contributed by atoms with Crippen LogP contribution in [0.4, 0.5) is 5.69 Å². The van der Waals surface area contributed by atoms with E-state index in [0.717, 1.165) is 5.56 Å². The molecule has 0 radical (unpaired) electrons. The summed E-state index contributed by atoms with van der Waals surface area (Å²) in [5, 5.41) is 3.64. The zero-order chi connectivity index (χ0) is 13.9. The van der Waals surface area contributed by atoms with E-state index in [-0.39, 0.29) is 5.82 Å². The van der Waals surface area contributed by atoms with Gasteiger partial charge in [0.25, 0.3) is 0 Å². The van der Waals surface area contributed by atoms with Crippen LogP contribution in [0.25, 0.3) is 11.5 Å². The Kier molecular flexibility index (Phi) is 3.00. The molecule has 3 rings (SSSR count). The molecule has 0 aliphatic carbocycles. The molecule has 0 bridgehead atoms. The smallest absolute Gasteiger partial charge is 0.399 e. The Hall–Kier alpha value is -2.96. The first-order chi connectivity index (χ1) is 9.72. The molecule has 0 saturated carbocycles. The summed E-state index contributed by atoms with van der Waals surface area (Å²) in [5.41, 5.74) is 8.58. The quantitative estimate of drug-likeness (QED) is 0.686. The molecule has 3 N–H and O–H groups in total. The molecule has 0 aliphatic heterocycles. The highest BCUT2D eigenvalue weighted by atomic mass is 16.5. The summed E-state index contributed by atoms with van der Waals surface area (Å²) in [5.74, 6) is -0.349. The first-order valence-corrected chi connectivity index (χ1v) is 5.93. The minimum atomic E-state index is -0.621. The first kappa shape index (κ1) is 12.1. The zero-order valence-corrected chi connectivity index (χ0v) is 10.4.